The molecule has 2 rings (SSSR count). The number of rotatable bonds is 6. The number of methoxy groups -OCH3 is 1. The van der Waals surface area contributed by atoms with Gasteiger partial charge in [0.2, 0.25) is 5.91 Å². The molecule has 0 spiro atoms. The Hall–Kier alpha value is -1.55. The van der Waals surface area contributed by atoms with Gasteiger partial charge in [0.05, 0.1) is 13.2 Å². The van der Waals surface area contributed by atoms with E-state index in [1.54, 1.807) is 7.11 Å². The van der Waals surface area contributed by atoms with E-state index in [-0.39, 0.29) is 11.9 Å². The van der Waals surface area contributed by atoms with Crippen LogP contribution in [0.5, 0.6) is 5.75 Å². The molecule has 0 aromatic heterocycles. The molecule has 0 bridgehead atoms. The Kier molecular flexibility index (Phi) is 6.05. The Balaban J connectivity index is 1.89. The van der Waals surface area contributed by atoms with Crippen molar-refractivity contribution in [3.63, 3.8) is 0 Å². The van der Waals surface area contributed by atoms with Gasteiger partial charge < -0.3 is 15.4 Å². The maximum absolute atomic E-state index is 12.2. The molecule has 2 N–H and O–H groups in total. The van der Waals surface area contributed by atoms with Crippen molar-refractivity contribution in [2.45, 2.75) is 38.6 Å². The van der Waals surface area contributed by atoms with E-state index >= 15 is 0 Å². The van der Waals surface area contributed by atoms with Crippen molar-refractivity contribution in [2.75, 3.05) is 20.2 Å². The number of piperidine rings is 1. The highest BCUT2D eigenvalue weighted by Crippen LogP contribution is 2.21. The smallest absolute Gasteiger partial charge is 0.220 e. The molecule has 4 nitrogen and oxygen atoms in total. The summed E-state index contributed by atoms with van der Waals surface area (Å²) >= 11 is 0. The summed E-state index contributed by atoms with van der Waals surface area (Å²) < 4.78 is 5.17. The Morgan fingerprint density at radius 1 is 1.43 bits per heavy atom. The van der Waals surface area contributed by atoms with E-state index in [4.69, 9.17) is 4.74 Å². The van der Waals surface area contributed by atoms with Crippen LogP contribution in [0.15, 0.2) is 24.3 Å². The quantitative estimate of drug-likeness (QED) is 0.847. The maximum Gasteiger partial charge on any atom is 0.220 e. The third kappa shape index (κ3) is 4.74. The first kappa shape index (κ1) is 15.8. The zero-order valence-corrected chi connectivity index (χ0v) is 13.0. The van der Waals surface area contributed by atoms with Gasteiger partial charge in [0.1, 0.15) is 5.75 Å². The van der Waals surface area contributed by atoms with Gasteiger partial charge in [0, 0.05) is 6.42 Å². The summed E-state index contributed by atoms with van der Waals surface area (Å²) in [6.07, 6.45) is 3.84. The number of nitrogens with one attached hydrogen (secondary N) is 2. The van der Waals surface area contributed by atoms with Gasteiger partial charge in [-0.25, -0.2) is 0 Å². The lowest BCUT2D eigenvalue weighted by Crippen LogP contribution is -2.35. The average Bonchev–Trinajstić information content (AvgIpc) is 2.53. The van der Waals surface area contributed by atoms with Gasteiger partial charge in [-0.05, 0) is 56.0 Å². The highest BCUT2D eigenvalue weighted by atomic mass is 16.5. The fraction of sp³-hybridized carbons (Fsp3) is 0.588. The second-order valence-electron chi connectivity index (χ2n) is 5.72. The molecule has 2 atom stereocenters. The fourth-order valence-electron chi connectivity index (χ4n) is 2.87. The first-order valence-corrected chi connectivity index (χ1v) is 7.87. The van der Waals surface area contributed by atoms with Gasteiger partial charge in [-0.15, -0.1) is 0 Å². The molecular weight excluding hydrogens is 264 g/mol. The minimum absolute atomic E-state index is 0.0833. The lowest BCUT2D eigenvalue weighted by atomic mass is 9.95. The van der Waals surface area contributed by atoms with Gasteiger partial charge in [-0.3, -0.25) is 4.79 Å². The van der Waals surface area contributed by atoms with Crippen molar-refractivity contribution in [1.29, 1.82) is 0 Å². The summed E-state index contributed by atoms with van der Waals surface area (Å²) in [4.78, 5) is 12.2. The highest BCUT2D eigenvalue weighted by Gasteiger charge is 2.19. The molecular formula is C17H26N2O2. The number of carbonyl (C=O) groups is 1. The Morgan fingerprint density at radius 3 is 2.76 bits per heavy atom. The molecule has 0 radical (unpaired) electrons. The van der Waals surface area contributed by atoms with E-state index in [9.17, 15) is 4.79 Å². The second-order valence-corrected chi connectivity index (χ2v) is 5.72. The van der Waals surface area contributed by atoms with E-state index in [0.29, 0.717) is 12.3 Å². The molecule has 0 aliphatic carbocycles. The lowest BCUT2D eigenvalue weighted by Gasteiger charge is -2.24. The molecule has 1 fully saturated rings. The summed E-state index contributed by atoms with van der Waals surface area (Å²) in [6, 6.07) is 8.01. The van der Waals surface area contributed by atoms with E-state index in [2.05, 4.69) is 17.6 Å². The van der Waals surface area contributed by atoms with Crippen LogP contribution in [0.1, 0.15) is 44.2 Å². The zero-order chi connectivity index (χ0) is 15.1. The molecule has 1 heterocycles. The van der Waals surface area contributed by atoms with Crippen molar-refractivity contribution < 1.29 is 9.53 Å². The topological polar surface area (TPSA) is 50.4 Å². The lowest BCUT2D eigenvalue weighted by molar-refractivity contribution is -0.122. The van der Waals surface area contributed by atoms with Gasteiger partial charge in [-0.2, -0.15) is 0 Å². The standard InChI is InChI=1S/C17H26N2O2/c1-3-16(14-6-8-15(21-2)9-7-14)19-17(20)11-13-5-4-10-18-12-13/h6-9,13,16,18H,3-5,10-12H2,1-2H3,(H,19,20). The Bertz CT molecular complexity index is 439. The van der Waals surface area contributed by atoms with E-state index < -0.39 is 0 Å². The number of hydrogen-bond acceptors (Lipinski definition) is 3. The second kappa shape index (κ2) is 8.03. The normalized spacial score (nSPS) is 19.8. The monoisotopic (exact) mass is 290 g/mol. The number of benzene rings is 1. The maximum atomic E-state index is 12.2. The van der Waals surface area contributed by atoms with Crippen LogP contribution in [-0.4, -0.2) is 26.1 Å². The van der Waals surface area contributed by atoms with Gasteiger partial charge in [0.15, 0.2) is 0 Å². The van der Waals surface area contributed by atoms with Crippen molar-refractivity contribution in [1.82, 2.24) is 10.6 Å². The third-order valence-corrected chi connectivity index (χ3v) is 4.13. The predicted octanol–water partition coefficient (Wildman–Crippen LogP) is 2.65. The van der Waals surface area contributed by atoms with Gasteiger partial charge >= 0.3 is 0 Å². The molecule has 2 unspecified atom stereocenters. The number of carbonyl (C=O) groups excluding carboxylic acids is 1. The molecule has 21 heavy (non-hydrogen) atoms. The molecule has 116 valence electrons. The first-order chi connectivity index (χ1) is 10.2. The van der Waals surface area contributed by atoms with Crippen LogP contribution >= 0.6 is 0 Å². The predicted molar refractivity (Wildman–Crippen MR) is 84.4 cm³/mol. The van der Waals surface area contributed by atoms with Gasteiger partial charge in [0.25, 0.3) is 0 Å². The van der Waals surface area contributed by atoms with Crippen LogP contribution in [0.25, 0.3) is 0 Å². The Labute approximate surface area is 127 Å². The fourth-order valence-corrected chi connectivity index (χ4v) is 2.87. The van der Waals surface area contributed by atoms with E-state index in [0.717, 1.165) is 37.2 Å². The molecule has 1 amide bonds. The van der Waals surface area contributed by atoms with Crippen molar-refractivity contribution in [3.05, 3.63) is 29.8 Å². The molecule has 1 saturated heterocycles. The molecule has 1 aromatic rings. The number of amides is 1. The summed E-state index contributed by atoms with van der Waals surface area (Å²) in [6.45, 7) is 4.14. The van der Waals surface area contributed by atoms with E-state index in [1.165, 1.54) is 6.42 Å². The molecule has 1 aliphatic rings. The van der Waals surface area contributed by atoms with Crippen LogP contribution in [0.3, 0.4) is 0 Å². The van der Waals surface area contributed by atoms with Gasteiger partial charge in [-0.1, -0.05) is 19.1 Å². The minimum Gasteiger partial charge on any atom is -0.497 e. The Morgan fingerprint density at radius 2 is 2.19 bits per heavy atom. The molecule has 1 aromatic carbocycles. The summed E-state index contributed by atoms with van der Waals surface area (Å²) in [5.41, 5.74) is 1.13. The third-order valence-electron chi connectivity index (χ3n) is 4.13. The zero-order valence-electron chi connectivity index (χ0n) is 13.0. The molecule has 0 saturated carbocycles. The van der Waals surface area contributed by atoms with Crippen LogP contribution < -0.4 is 15.4 Å². The van der Waals surface area contributed by atoms with Crippen molar-refractivity contribution in [2.24, 2.45) is 5.92 Å². The first-order valence-electron chi connectivity index (χ1n) is 7.87. The summed E-state index contributed by atoms with van der Waals surface area (Å²) in [7, 11) is 1.66. The van der Waals surface area contributed by atoms with Crippen LogP contribution in [0, 0.1) is 5.92 Å². The summed E-state index contributed by atoms with van der Waals surface area (Å²) in [5.74, 6) is 1.48. The summed E-state index contributed by atoms with van der Waals surface area (Å²) in [5, 5.41) is 6.52. The van der Waals surface area contributed by atoms with Crippen LogP contribution in [0.4, 0.5) is 0 Å². The molecule has 4 heteroatoms. The largest absolute Gasteiger partial charge is 0.497 e. The average molecular weight is 290 g/mol. The van der Waals surface area contributed by atoms with Crippen molar-refractivity contribution >= 4 is 5.91 Å². The number of ether oxygens (including phenoxy) is 1. The van der Waals surface area contributed by atoms with Crippen LogP contribution in [0.2, 0.25) is 0 Å². The number of hydrogen-bond donors (Lipinski definition) is 2. The molecule has 1 aliphatic heterocycles. The SMILES string of the molecule is CCC(NC(=O)CC1CCCNC1)c1ccc(OC)cc1. The van der Waals surface area contributed by atoms with Crippen LogP contribution in [-0.2, 0) is 4.79 Å². The van der Waals surface area contributed by atoms with Crippen molar-refractivity contribution in [3.8, 4) is 5.75 Å². The van der Waals surface area contributed by atoms with E-state index in [1.807, 2.05) is 24.3 Å². The minimum atomic E-state index is 0.0833. The highest BCUT2D eigenvalue weighted by molar-refractivity contribution is 5.76.